The van der Waals surface area contributed by atoms with Gasteiger partial charge in [-0.1, -0.05) is 36.8 Å². The van der Waals surface area contributed by atoms with Crippen molar-refractivity contribution in [1.29, 1.82) is 0 Å². The number of esters is 2. The molecular formula is C20H22O5. The number of carbonyl (C=O) groups excluding carboxylic acids is 2. The predicted molar refractivity (Wildman–Crippen MR) is 95.0 cm³/mol. The van der Waals surface area contributed by atoms with Crippen LogP contribution >= 0.6 is 0 Å². The number of aromatic hydroxyl groups is 1. The molecule has 132 valence electrons. The van der Waals surface area contributed by atoms with E-state index in [1.165, 1.54) is 7.11 Å². The number of hydrogen-bond acceptors (Lipinski definition) is 5. The maximum absolute atomic E-state index is 12.3. The Hall–Kier alpha value is -2.82. The fourth-order valence-corrected chi connectivity index (χ4v) is 2.73. The van der Waals surface area contributed by atoms with Crippen LogP contribution in [0.3, 0.4) is 0 Å². The monoisotopic (exact) mass is 342 g/mol. The summed E-state index contributed by atoms with van der Waals surface area (Å²) in [7, 11) is 1.26. The highest BCUT2D eigenvalue weighted by atomic mass is 16.5. The minimum absolute atomic E-state index is 0.0521. The first-order valence-electron chi connectivity index (χ1n) is 8.15. The second-order valence-corrected chi connectivity index (χ2v) is 5.61. The lowest BCUT2D eigenvalue weighted by molar-refractivity contribution is 0.0521. The van der Waals surface area contributed by atoms with E-state index in [4.69, 9.17) is 9.47 Å². The first-order valence-corrected chi connectivity index (χ1v) is 8.15. The van der Waals surface area contributed by atoms with Gasteiger partial charge in [0.25, 0.3) is 0 Å². The van der Waals surface area contributed by atoms with E-state index in [2.05, 4.69) is 0 Å². The van der Waals surface area contributed by atoms with Gasteiger partial charge in [-0.2, -0.15) is 0 Å². The molecule has 0 saturated heterocycles. The molecule has 25 heavy (non-hydrogen) atoms. The lowest BCUT2D eigenvalue weighted by Crippen LogP contribution is -2.12. The Labute approximate surface area is 147 Å². The molecule has 0 saturated carbocycles. The van der Waals surface area contributed by atoms with E-state index in [1.54, 1.807) is 19.9 Å². The van der Waals surface area contributed by atoms with E-state index in [0.29, 0.717) is 23.1 Å². The Morgan fingerprint density at radius 3 is 2.24 bits per heavy atom. The molecule has 0 radical (unpaired) electrons. The molecule has 0 unspecified atom stereocenters. The Balaban J connectivity index is 2.80. The Morgan fingerprint density at radius 1 is 1.08 bits per heavy atom. The van der Waals surface area contributed by atoms with Gasteiger partial charge in [0.2, 0.25) is 0 Å². The van der Waals surface area contributed by atoms with Crippen LogP contribution in [0.15, 0.2) is 30.3 Å². The smallest absolute Gasteiger partial charge is 0.342 e. The van der Waals surface area contributed by atoms with Crippen LogP contribution in [0.2, 0.25) is 0 Å². The number of ether oxygens (including phenoxy) is 2. The average molecular weight is 342 g/mol. The largest absolute Gasteiger partial charge is 0.507 e. The van der Waals surface area contributed by atoms with Gasteiger partial charge in [-0.25, -0.2) is 9.59 Å². The molecule has 0 amide bonds. The molecule has 5 nitrogen and oxygen atoms in total. The molecule has 2 aromatic rings. The average Bonchev–Trinajstić information content (AvgIpc) is 2.61. The topological polar surface area (TPSA) is 72.8 Å². The third kappa shape index (κ3) is 3.65. The Morgan fingerprint density at radius 2 is 1.72 bits per heavy atom. The number of phenolic OH excluding ortho intramolecular Hbond substituents is 1. The minimum Gasteiger partial charge on any atom is -0.507 e. The number of benzene rings is 2. The van der Waals surface area contributed by atoms with Gasteiger partial charge < -0.3 is 14.6 Å². The molecule has 0 aliphatic heterocycles. The first-order chi connectivity index (χ1) is 11.9. The fraction of sp³-hybridized carbons (Fsp3) is 0.300. The maximum atomic E-state index is 12.3. The predicted octanol–water partition coefficient (Wildman–Crippen LogP) is 3.89. The van der Waals surface area contributed by atoms with Gasteiger partial charge in [-0.3, -0.25) is 0 Å². The molecule has 0 heterocycles. The normalized spacial score (nSPS) is 10.4. The molecule has 0 atom stereocenters. The van der Waals surface area contributed by atoms with E-state index in [9.17, 15) is 14.7 Å². The molecule has 0 aliphatic rings. The number of rotatable bonds is 5. The minimum atomic E-state index is -0.654. The third-order valence-corrected chi connectivity index (χ3v) is 4.01. The summed E-state index contributed by atoms with van der Waals surface area (Å²) in [5, 5.41) is 10.7. The molecule has 0 bridgehead atoms. The van der Waals surface area contributed by atoms with Crippen molar-refractivity contribution in [3.63, 3.8) is 0 Å². The number of hydrogen-bond donors (Lipinski definition) is 1. The van der Waals surface area contributed by atoms with Crippen molar-refractivity contribution >= 4 is 11.9 Å². The molecule has 0 aromatic heterocycles. The quantitative estimate of drug-likeness (QED) is 0.835. The number of carbonyl (C=O) groups is 2. The highest BCUT2D eigenvalue weighted by Crippen LogP contribution is 2.37. The highest BCUT2D eigenvalue weighted by Gasteiger charge is 2.26. The van der Waals surface area contributed by atoms with Crippen LogP contribution in [0.25, 0.3) is 11.1 Å². The molecule has 0 spiro atoms. The summed E-state index contributed by atoms with van der Waals surface area (Å²) in [6.45, 7) is 5.69. The van der Waals surface area contributed by atoms with Crippen molar-refractivity contribution in [2.45, 2.75) is 27.2 Å². The highest BCUT2D eigenvalue weighted by molar-refractivity contribution is 6.04. The van der Waals surface area contributed by atoms with Crippen LogP contribution in [0.5, 0.6) is 5.75 Å². The van der Waals surface area contributed by atoms with Crippen LogP contribution in [0.4, 0.5) is 0 Å². The van der Waals surface area contributed by atoms with Crippen molar-refractivity contribution < 1.29 is 24.2 Å². The second kappa shape index (κ2) is 7.83. The van der Waals surface area contributed by atoms with Crippen LogP contribution in [0, 0.1) is 6.92 Å². The van der Waals surface area contributed by atoms with Gasteiger partial charge in [-0.05, 0) is 31.9 Å². The molecule has 5 heteroatoms. The molecule has 2 aromatic carbocycles. The Kier molecular flexibility index (Phi) is 5.80. The number of methoxy groups -OCH3 is 1. The summed E-state index contributed by atoms with van der Waals surface area (Å²) in [4.78, 5) is 24.6. The molecule has 0 aliphatic carbocycles. The van der Waals surface area contributed by atoms with Crippen molar-refractivity contribution in [1.82, 2.24) is 0 Å². The van der Waals surface area contributed by atoms with Crippen molar-refractivity contribution in [3.05, 3.63) is 52.6 Å². The van der Waals surface area contributed by atoms with Crippen LogP contribution in [-0.4, -0.2) is 30.8 Å². The zero-order chi connectivity index (χ0) is 18.6. The summed E-state index contributed by atoms with van der Waals surface area (Å²) < 4.78 is 9.93. The summed E-state index contributed by atoms with van der Waals surface area (Å²) in [6.07, 6.45) is 0.373. The first kappa shape index (κ1) is 18.5. The summed E-state index contributed by atoms with van der Waals surface area (Å²) >= 11 is 0. The molecular weight excluding hydrogens is 320 g/mol. The van der Waals surface area contributed by atoms with E-state index in [0.717, 1.165) is 5.56 Å². The van der Waals surface area contributed by atoms with Crippen molar-refractivity contribution in [3.8, 4) is 16.9 Å². The van der Waals surface area contributed by atoms with Crippen LogP contribution < -0.4 is 0 Å². The third-order valence-electron chi connectivity index (χ3n) is 4.01. The SMILES string of the molecule is CCOC(=O)c1cc(-c2ccc(C)cc2)c(C(=O)OC)c(O)c1CC. The summed E-state index contributed by atoms with van der Waals surface area (Å²) in [5.74, 6) is -1.42. The second-order valence-electron chi connectivity index (χ2n) is 5.61. The zero-order valence-electron chi connectivity index (χ0n) is 14.9. The molecule has 2 rings (SSSR count). The number of aryl methyl sites for hydroxylation is 1. The number of phenols is 1. The van der Waals surface area contributed by atoms with Gasteiger partial charge in [-0.15, -0.1) is 0 Å². The van der Waals surface area contributed by atoms with Crippen LogP contribution in [-0.2, 0) is 15.9 Å². The van der Waals surface area contributed by atoms with Gasteiger partial charge >= 0.3 is 11.9 Å². The van der Waals surface area contributed by atoms with Gasteiger partial charge in [0, 0.05) is 11.1 Å². The summed E-state index contributed by atoms with van der Waals surface area (Å²) in [6, 6.07) is 9.04. The van der Waals surface area contributed by atoms with Gasteiger partial charge in [0.15, 0.2) is 0 Å². The maximum Gasteiger partial charge on any atom is 0.342 e. The molecule has 0 fully saturated rings. The van der Waals surface area contributed by atoms with E-state index < -0.39 is 11.9 Å². The fourth-order valence-electron chi connectivity index (χ4n) is 2.73. The van der Waals surface area contributed by atoms with E-state index in [1.807, 2.05) is 31.2 Å². The zero-order valence-corrected chi connectivity index (χ0v) is 14.9. The molecule has 1 N–H and O–H groups in total. The lowest BCUT2D eigenvalue weighted by atomic mass is 9.91. The van der Waals surface area contributed by atoms with E-state index in [-0.39, 0.29) is 23.5 Å². The van der Waals surface area contributed by atoms with Crippen molar-refractivity contribution in [2.24, 2.45) is 0 Å². The standard InChI is InChI=1S/C20H22O5/c1-5-14-16(19(22)25-6-2)11-15(13-9-7-12(3)8-10-13)17(18(14)21)20(23)24-4/h7-11,21H,5-6H2,1-4H3. The summed E-state index contributed by atoms with van der Waals surface area (Å²) in [5.41, 5.74) is 2.87. The van der Waals surface area contributed by atoms with Crippen LogP contribution in [0.1, 0.15) is 45.7 Å². The van der Waals surface area contributed by atoms with Gasteiger partial charge in [0.05, 0.1) is 19.3 Å². The Bertz CT molecular complexity index is 791. The van der Waals surface area contributed by atoms with Crippen molar-refractivity contribution in [2.75, 3.05) is 13.7 Å². The lowest BCUT2D eigenvalue weighted by Gasteiger charge is -2.17. The van der Waals surface area contributed by atoms with Gasteiger partial charge in [0.1, 0.15) is 11.3 Å². The van der Waals surface area contributed by atoms with E-state index >= 15 is 0 Å².